The van der Waals surface area contributed by atoms with Crippen molar-refractivity contribution in [2.45, 2.75) is 20.8 Å². The van der Waals surface area contributed by atoms with Gasteiger partial charge in [0.2, 0.25) is 0 Å². The highest BCUT2D eigenvalue weighted by atomic mass is 31.2. The van der Waals surface area contributed by atoms with Crippen molar-refractivity contribution >= 4 is 12.7 Å². The Kier molecular flexibility index (Phi) is 5.88. The monoisotopic (exact) mass is 250 g/mol. The van der Waals surface area contributed by atoms with Gasteiger partial charge in [-0.2, -0.15) is 4.67 Å². The van der Waals surface area contributed by atoms with Crippen molar-refractivity contribution in [1.82, 2.24) is 4.67 Å². The molecule has 0 amide bonds. The molecule has 0 aromatic heterocycles. The first kappa shape index (κ1) is 14.4. The lowest BCUT2D eigenvalue weighted by atomic mass is 10.4. The van der Waals surface area contributed by atoms with Crippen molar-refractivity contribution in [1.29, 1.82) is 0 Å². The summed E-state index contributed by atoms with van der Waals surface area (Å²) in [5, 5.41) is 1.52. The van der Waals surface area contributed by atoms with Gasteiger partial charge in [0.1, 0.15) is 12.7 Å². The highest BCUT2D eigenvalue weighted by Crippen LogP contribution is 2.60. The van der Waals surface area contributed by atoms with Gasteiger partial charge in [-0.3, -0.25) is 0 Å². The molecule has 1 atom stereocenters. The van der Waals surface area contributed by atoms with Crippen molar-refractivity contribution in [3.8, 4) is 0 Å². The van der Waals surface area contributed by atoms with Crippen molar-refractivity contribution in [2.75, 3.05) is 25.4 Å². The number of hydrogen-bond donors (Lipinski definition) is 0. The van der Waals surface area contributed by atoms with Crippen LogP contribution in [0.2, 0.25) is 0 Å². The van der Waals surface area contributed by atoms with Gasteiger partial charge in [0.05, 0.1) is 12.3 Å². The van der Waals surface area contributed by atoms with E-state index in [4.69, 9.17) is 0 Å². The number of allylic oxidation sites excluding steroid dienone is 1. The van der Waals surface area contributed by atoms with Gasteiger partial charge in [0.25, 0.3) is 0 Å². The van der Waals surface area contributed by atoms with Gasteiger partial charge in [0.15, 0.2) is 0 Å². The van der Waals surface area contributed by atoms with Crippen molar-refractivity contribution in [2.24, 2.45) is 0 Å². The molecule has 17 heavy (non-hydrogen) atoms. The fourth-order valence-corrected chi connectivity index (χ4v) is 6.61. The lowest BCUT2D eigenvalue weighted by Crippen LogP contribution is -2.33. The second-order valence-corrected chi connectivity index (χ2v) is 8.11. The molecule has 1 aromatic rings. The molecule has 1 nitrogen and oxygen atoms in total. The van der Waals surface area contributed by atoms with E-state index in [0.717, 1.165) is 19.3 Å². The zero-order chi connectivity index (χ0) is 12.7. The molecule has 0 saturated carbocycles. The maximum Gasteiger partial charge on any atom is 0.119 e. The van der Waals surface area contributed by atoms with Gasteiger partial charge in [0, 0.05) is 13.1 Å². The largest absolute Gasteiger partial charge is 0.176 e. The summed E-state index contributed by atoms with van der Waals surface area (Å²) in [4.78, 5) is 0. The fourth-order valence-electron chi connectivity index (χ4n) is 2.58. The first-order chi connectivity index (χ1) is 8.25. The topological polar surface area (TPSA) is 3.24 Å². The summed E-state index contributed by atoms with van der Waals surface area (Å²) in [5.41, 5.74) is 0. The second-order valence-electron chi connectivity index (χ2n) is 4.18. The van der Waals surface area contributed by atoms with Crippen LogP contribution in [-0.4, -0.2) is 30.1 Å². The van der Waals surface area contributed by atoms with E-state index in [1.54, 1.807) is 0 Å². The Labute approximate surface area is 107 Å². The quantitative estimate of drug-likeness (QED) is 0.525. The summed E-state index contributed by atoms with van der Waals surface area (Å²) in [5.74, 6) is 0. The summed E-state index contributed by atoms with van der Waals surface area (Å²) in [7, 11) is -1.22. The van der Waals surface area contributed by atoms with Gasteiger partial charge in [-0.15, -0.1) is 0 Å². The van der Waals surface area contributed by atoms with Crippen LogP contribution in [0.25, 0.3) is 0 Å². The molecule has 0 bridgehead atoms. The molecule has 0 heterocycles. The predicted molar refractivity (Wildman–Crippen MR) is 81.5 cm³/mol. The van der Waals surface area contributed by atoms with Crippen molar-refractivity contribution < 1.29 is 0 Å². The molecule has 0 radical (unpaired) electrons. The van der Waals surface area contributed by atoms with E-state index in [9.17, 15) is 0 Å². The van der Waals surface area contributed by atoms with Crippen molar-refractivity contribution in [3.05, 3.63) is 43.0 Å². The van der Waals surface area contributed by atoms with E-state index in [-0.39, 0.29) is 0 Å². The van der Waals surface area contributed by atoms with Crippen LogP contribution >= 0.6 is 7.41 Å². The van der Waals surface area contributed by atoms with Crippen LogP contribution in [0.3, 0.4) is 0 Å². The molecule has 0 N–H and O–H groups in total. The molecule has 0 aliphatic heterocycles. The van der Waals surface area contributed by atoms with Crippen LogP contribution in [0.4, 0.5) is 0 Å². The SMILES string of the molecule is C=CC[P+](CC)(c1ccccc1)N(CC)CC. The minimum Gasteiger partial charge on any atom is -0.176 e. The third-order valence-electron chi connectivity index (χ3n) is 3.46. The Balaban J connectivity index is 3.21. The molecular formula is C15H25NP+. The second kappa shape index (κ2) is 6.93. The molecule has 0 aliphatic rings. The molecule has 2 heteroatoms. The van der Waals surface area contributed by atoms with Crippen LogP contribution in [-0.2, 0) is 0 Å². The predicted octanol–water partition coefficient (Wildman–Crippen LogP) is 3.79. The third-order valence-corrected chi connectivity index (χ3v) is 8.28. The molecule has 1 aromatic carbocycles. The Morgan fingerprint density at radius 2 is 1.71 bits per heavy atom. The average molecular weight is 250 g/mol. The van der Waals surface area contributed by atoms with Crippen molar-refractivity contribution in [3.63, 3.8) is 0 Å². The van der Waals surface area contributed by atoms with E-state index in [1.807, 2.05) is 0 Å². The lowest BCUT2D eigenvalue weighted by Gasteiger charge is -2.34. The van der Waals surface area contributed by atoms with Crippen LogP contribution in [0, 0.1) is 0 Å². The lowest BCUT2D eigenvalue weighted by molar-refractivity contribution is 0.500. The summed E-state index contributed by atoms with van der Waals surface area (Å²) >= 11 is 0. The standard InChI is InChI=1S/C15H25NP/c1-5-14-17(8-4,16(6-2)7-3)15-12-10-9-11-13-15/h5,9-13H,1,6-8,14H2,2-4H3/q+1. The Morgan fingerprint density at radius 3 is 2.12 bits per heavy atom. The fraction of sp³-hybridized carbons (Fsp3) is 0.467. The van der Waals surface area contributed by atoms with Crippen LogP contribution in [0.5, 0.6) is 0 Å². The number of rotatable bonds is 7. The van der Waals surface area contributed by atoms with E-state index < -0.39 is 7.41 Å². The van der Waals surface area contributed by atoms with E-state index in [1.165, 1.54) is 11.5 Å². The zero-order valence-corrected chi connectivity index (χ0v) is 12.3. The molecule has 0 fully saturated rings. The third kappa shape index (κ3) is 2.97. The number of nitrogens with zero attached hydrogens (tertiary/aromatic N) is 1. The Bertz CT molecular complexity index is 332. The summed E-state index contributed by atoms with van der Waals surface area (Å²) < 4.78 is 2.66. The molecule has 0 saturated heterocycles. The first-order valence-corrected chi connectivity index (χ1v) is 8.65. The van der Waals surface area contributed by atoms with Gasteiger partial charge < -0.3 is 0 Å². The first-order valence-electron chi connectivity index (χ1n) is 6.54. The Hall–Kier alpha value is -0.650. The highest BCUT2D eigenvalue weighted by molar-refractivity contribution is 7.80. The minimum atomic E-state index is -1.22. The van der Waals surface area contributed by atoms with Gasteiger partial charge in [-0.1, -0.05) is 30.9 Å². The molecule has 1 rings (SSSR count). The van der Waals surface area contributed by atoms with E-state index >= 15 is 0 Å². The van der Waals surface area contributed by atoms with Crippen LogP contribution < -0.4 is 5.30 Å². The molecule has 1 unspecified atom stereocenters. The number of benzene rings is 1. The smallest absolute Gasteiger partial charge is 0.119 e. The molecule has 0 spiro atoms. The maximum atomic E-state index is 3.97. The maximum absolute atomic E-state index is 3.97. The zero-order valence-electron chi connectivity index (χ0n) is 11.4. The summed E-state index contributed by atoms with van der Waals surface area (Å²) in [6, 6.07) is 11.0. The summed E-state index contributed by atoms with van der Waals surface area (Å²) in [6.07, 6.45) is 4.45. The van der Waals surface area contributed by atoms with Crippen LogP contribution in [0.15, 0.2) is 43.0 Å². The highest BCUT2D eigenvalue weighted by Gasteiger charge is 2.42. The van der Waals surface area contributed by atoms with Gasteiger partial charge >= 0.3 is 0 Å². The average Bonchev–Trinajstić information content (AvgIpc) is 2.40. The number of hydrogen-bond acceptors (Lipinski definition) is 1. The molecule has 0 aliphatic carbocycles. The van der Waals surface area contributed by atoms with Gasteiger partial charge in [-0.25, -0.2) is 0 Å². The minimum absolute atomic E-state index is 1.12. The van der Waals surface area contributed by atoms with E-state index in [0.29, 0.717) is 0 Å². The van der Waals surface area contributed by atoms with Crippen LogP contribution in [0.1, 0.15) is 20.8 Å². The normalized spacial score (nSPS) is 14.6. The summed E-state index contributed by atoms with van der Waals surface area (Å²) in [6.45, 7) is 13.1. The van der Waals surface area contributed by atoms with Gasteiger partial charge in [-0.05, 0) is 32.9 Å². The Morgan fingerprint density at radius 1 is 1.12 bits per heavy atom. The molecule has 94 valence electrons. The molecular weight excluding hydrogens is 225 g/mol. The van der Waals surface area contributed by atoms with E-state index in [2.05, 4.69) is 68.4 Å².